The molecule has 1 heterocycles. The SMILES string of the molecule is CCn1ccnc1CC(C)(O)c1ccc(I)cc1. The first-order valence-electron chi connectivity index (χ1n) is 6.01. The van der Waals surface area contributed by atoms with Crippen LogP contribution in [0.15, 0.2) is 36.7 Å². The Balaban J connectivity index is 2.23. The van der Waals surface area contributed by atoms with E-state index in [4.69, 9.17) is 0 Å². The Morgan fingerprint density at radius 1 is 1.33 bits per heavy atom. The van der Waals surface area contributed by atoms with Gasteiger partial charge in [0, 0.05) is 28.9 Å². The first kappa shape index (κ1) is 13.5. The predicted molar refractivity (Wildman–Crippen MR) is 80.3 cm³/mol. The van der Waals surface area contributed by atoms with E-state index in [0.717, 1.165) is 17.9 Å². The number of aryl methyl sites for hydroxylation is 1. The fourth-order valence-electron chi connectivity index (χ4n) is 2.01. The number of hydrogen-bond acceptors (Lipinski definition) is 2. The summed E-state index contributed by atoms with van der Waals surface area (Å²) >= 11 is 2.26. The van der Waals surface area contributed by atoms with Crippen molar-refractivity contribution in [2.24, 2.45) is 0 Å². The maximum atomic E-state index is 10.6. The number of benzene rings is 1. The molecule has 0 fully saturated rings. The summed E-state index contributed by atoms with van der Waals surface area (Å²) in [6, 6.07) is 7.97. The van der Waals surface area contributed by atoms with Crippen LogP contribution in [0.1, 0.15) is 25.2 Å². The third-order valence-corrected chi connectivity index (χ3v) is 3.83. The van der Waals surface area contributed by atoms with Crippen LogP contribution in [0.2, 0.25) is 0 Å². The summed E-state index contributed by atoms with van der Waals surface area (Å²) in [4.78, 5) is 4.32. The summed E-state index contributed by atoms with van der Waals surface area (Å²) in [7, 11) is 0. The highest BCUT2D eigenvalue weighted by Gasteiger charge is 2.25. The molecule has 0 aliphatic rings. The maximum absolute atomic E-state index is 10.6. The van der Waals surface area contributed by atoms with Gasteiger partial charge in [0.05, 0.1) is 5.60 Å². The highest BCUT2D eigenvalue weighted by Crippen LogP contribution is 2.25. The van der Waals surface area contributed by atoms with Gasteiger partial charge in [-0.3, -0.25) is 0 Å². The number of aliphatic hydroxyl groups is 1. The Morgan fingerprint density at radius 3 is 2.61 bits per heavy atom. The molecule has 0 aliphatic heterocycles. The minimum absolute atomic E-state index is 0.522. The van der Waals surface area contributed by atoms with Gasteiger partial charge in [-0.2, -0.15) is 0 Å². The molecular formula is C14H17IN2O. The van der Waals surface area contributed by atoms with E-state index in [1.54, 1.807) is 6.20 Å². The van der Waals surface area contributed by atoms with Crippen molar-refractivity contribution in [3.05, 3.63) is 51.6 Å². The molecule has 0 aliphatic carbocycles. The summed E-state index contributed by atoms with van der Waals surface area (Å²) in [6.07, 6.45) is 4.25. The molecule has 0 spiro atoms. The van der Waals surface area contributed by atoms with Gasteiger partial charge in [0.15, 0.2) is 0 Å². The normalized spacial score (nSPS) is 14.4. The lowest BCUT2D eigenvalue weighted by atomic mass is 9.92. The molecular weight excluding hydrogens is 339 g/mol. The lowest BCUT2D eigenvalue weighted by molar-refractivity contribution is 0.0546. The second-order valence-electron chi connectivity index (χ2n) is 4.59. The van der Waals surface area contributed by atoms with Gasteiger partial charge in [0.25, 0.3) is 0 Å². The molecule has 2 aromatic rings. The maximum Gasteiger partial charge on any atom is 0.111 e. The van der Waals surface area contributed by atoms with Crippen molar-refractivity contribution >= 4 is 22.6 Å². The quantitative estimate of drug-likeness (QED) is 0.856. The summed E-state index contributed by atoms with van der Waals surface area (Å²) in [6.45, 7) is 4.78. The molecule has 18 heavy (non-hydrogen) atoms. The molecule has 0 radical (unpaired) electrons. The van der Waals surface area contributed by atoms with E-state index < -0.39 is 5.60 Å². The molecule has 96 valence electrons. The second kappa shape index (κ2) is 5.40. The van der Waals surface area contributed by atoms with Crippen LogP contribution in [0.3, 0.4) is 0 Å². The summed E-state index contributed by atoms with van der Waals surface area (Å²) in [5.74, 6) is 0.918. The first-order chi connectivity index (χ1) is 8.53. The lowest BCUT2D eigenvalue weighted by Crippen LogP contribution is -2.26. The van der Waals surface area contributed by atoms with Crippen LogP contribution < -0.4 is 0 Å². The monoisotopic (exact) mass is 356 g/mol. The smallest absolute Gasteiger partial charge is 0.111 e. The van der Waals surface area contributed by atoms with Crippen molar-refractivity contribution in [1.29, 1.82) is 0 Å². The van der Waals surface area contributed by atoms with Gasteiger partial charge < -0.3 is 9.67 Å². The van der Waals surface area contributed by atoms with Crippen molar-refractivity contribution in [3.63, 3.8) is 0 Å². The van der Waals surface area contributed by atoms with Gasteiger partial charge in [-0.25, -0.2) is 4.98 Å². The fourth-order valence-corrected chi connectivity index (χ4v) is 2.37. The van der Waals surface area contributed by atoms with Crippen LogP contribution in [-0.2, 0) is 18.6 Å². The topological polar surface area (TPSA) is 38.0 Å². The standard InChI is InChI=1S/C14H17IN2O/c1-3-17-9-8-16-13(17)10-14(2,18)11-4-6-12(15)7-5-11/h4-9,18H,3,10H2,1-2H3. The fraction of sp³-hybridized carbons (Fsp3) is 0.357. The zero-order chi connectivity index (χ0) is 13.2. The number of nitrogens with zero attached hydrogens (tertiary/aromatic N) is 2. The molecule has 1 aromatic heterocycles. The van der Waals surface area contributed by atoms with Gasteiger partial charge in [-0.05, 0) is 54.1 Å². The Bertz CT molecular complexity index is 517. The Morgan fingerprint density at radius 2 is 2.00 bits per heavy atom. The van der Waals surface area contributed by atoms with Crippen LogP contribution in [-0.4, -0.2) is 14.7 Å². The zero-order valence-corrected chi connectivity index (χ0v) is 12.8. The van der Waals surface area contributed by atoms with E-state index in [-0.39, 0.29) is 0 Å². The average Bonchev–Trinajstić information content (AvgIpc) is 2.76. The average molecular weight is 356 g/mol. The molecule has 0 saturated carbocycles. The third kappa shape index (κ3) is 2.92. The van der Waals surface area contributed by atoms with Crippen LogP contribution >= 0.6 is 22.6 Å². The second-order valence-corrected chi connectivity index (χ2v) is 5.83. The number of aromatic nitrogens is 2. The zero-order valence-electron chi connectivity index (χ0n) is 10.6. The van der Waals surface area contributed by atoms with Gasteiger partial charge in [0.1, 0.15) is 5.82 Å². The van der Waals surface area contributed by atoms with Crippen molar-refractivity contribution in [2.75, 3.05) is 0 Å². The van der Waals surface area contributed by atoms with E-state index in [1.165, 1.54) is 3.57 Å². The van der Waals surface area contributed by atoms with Crippen molar-refractivity contribution < 1.29 is 5.11 Å². The van der Waals surface area contributed by atoms with E-state index in [0.29, 0.717) is 6.42 Å². The highest BCUT2D eigenvalue weighted by atomic mass is 127. The van der Waals surface area contributed by atoms with E-state index in [9.17, 15) is 5.11 Å². The van der Waals surface area contributed by atoms with Crippen molar-refractivity contribution in [2.45, 2.75) is 32.4 Å². The van der Waals surface area contributed by atoms with E-state index in [2.05, 4.69) is 39.1 Å². The first-order valence-corrected chi connectivity index (χ1v) is 7.09. The van der Waals surface area contributed by atoms with Crippen LogP contribution in [0.25, 0.3) is 0 Å². The number of hydrogen-bond donors (Lipinski definition) is 1. The van der Waals surface area contributed by atoms with Gasteiger partial charge >= 0.3 is 0 Å². The largest absolute Gasteiger partial charge is 0.385 e. The molecule has 3 nitrogen and oxygen atoms in total. The number of rotatable bonds is 4. The van der Waals surface area contributed by atoms with E-state index in [1.807, 2.05) is 37.4 Å². The lowest BCUT2D eigenvalue weighted by Gasteiger charge is -2.24. The predicted octanol–water partition coefficient (Wildman–Crippen LogP) is 2.96. The van der Waals surface area contributed by atoms with Gasteiger partial charge in [0.2, 0.25) is 0 Å². The van der Waals surface area contributed by atoms with Crippen LogP contribution in [0.5, 0.6) is 0 Å². The Kier molecular flexibility index (Phi) is 4.07. The number of halogens is 1. The van der Waals surface area contributed by atoms with Crippen molar-refractivity contribution in [1.82, 2.24) is 9.55 Å². The molecule has 1 unspecified atom stereocenters. The van der Waals surface area contributed by atoms with Crippen LogP contribution in [0.4, 0.5) is 0 Å². The number of imidazole rings is 1. The molecule has 1 atom stereocenters. The Hall–Kier alpha value is -0.880. The van der Waals surface area contributed by atoms with Gasteiger partial charge in [-0.15, -0.1) is 0 Å². The minimum Gasteiger partial charge on any atom is -0.385 e. The molecule has 1 N–H and O–H groups in total. The highest BCUT2D eigenvalue weighted by molar-refractivity contribution is 14.1. The summed E-state index contributed by atoms with van der Waals surface area (Å²) < 4.78 is 3.23. The molecule has 0 bridgehead atoms. The minimum atomic E-state index is -0.886. The van der Waals surface area contributed by atoms with Gasteiger partial charge in [-0.1, -0.05) is 12.1 Å². The summed E-state index contributed by atoms with van der Waals surface area (Å²) in [5.41, 5.74) is 0.0383. The molecule has 0 saturated heterocycles. The van der Waals surface area contributed by atoms with Crippen molar-refractivity contribution in [3.8, 4) is 0 Å². The molecule has 4 heteroatoms. The molecule has 1 aromatic carbocycles. The van der Waals surface area contributed by atoms with E-state index >= 15 is 0 Å². The third-order valence-electron chi connectivity index (χ3n) is 3.11. The molecule has 0 amide bonds. The Labute approximate surface area is 121 Å². The molecule has 2 rings (SSSR count). The van der Waals surface area contributed by atoms with Crippen LogP contribution in [0, 0.1) is 3.57 Å². The summed E-state index contributed by atoms with van der Waals surface area (Å²) in [5, 5.41) is 10.6.